The number of carbonyl (C=O) groups is 2. The van der Waals surface area contributed by atoms with Gasteiger partial charge in [-0.1, -0.05) is 36.4 Å². The minimum absolute atomic E-state index is 0.200. The summed E-state index contributed by atoms with van der Waals surface area (Å²) < 4.78 is 38.1. The molecule has 0 aliphatic heterocycles. The number of rotatable bonds is 6. The molecule has 3 aromatic carbocycles. The molecule has 33 heavy (non-hydrogen) atoms. The number of benzene rings is 3. The highest BCUT2D eigenvalue weighted by Gasteiger charge is 2.20. The predicted molar refractivity (Wildman–Crippen MR) is 125 cm³/mol. The van der Waals surface area contributed by atoms with E-state index in [4.69, 9.17) is 11.5 Å². The molecule has 6 N–H and O–H groups in total. The third-order valence-corrected chi connectivity index (χ3v) is 6.00. The lowest BCUT2D eigenvalue weighted by atomic mass is 10.1. The SMILES string of the molecule is CS(=O)(=O)c1c(F)cccc1-c1ccc(NC(=O)C(=O)Nc2ccc(C(N)CN)cc2)cc1. The summed E-state index contributed by atoms with van der Waals surface area (Å²) >= 11 is 0. The predicted octanol–water partition coefficient (Wildman–Crippen LogP) is 2.43. The third-order valence-electron chi connectivity index (χ3n) is 4.85. The summed E-state index contributed by atoms with van der Waals surface area (Å²) in [6, 6.07) is 16.3. The van der Waals surface area contributed by atoms with E-state index >= 15 is 0 Å². The minimum atomic E-state index is -3.80. The lowest BCUT2D eigenvalue weighted by molar-refractivity contribution is -0.132. The Hall–Kier alpha value is -3.60. The maximum Gasteiger partial charge on any atom is 0.314 e. The molecular weight excluding hydrogens is 447 g/mol. The Balaban J connectivity index is 1.70. The van der Waals surface area contributed by atoms with Crippen LogP contribution in [0.1, 0.15) is 11.6 Å². The molecule has 0 spiro atoms. The molecule has 3 aromatic rings. The number of nitrogens with two attached hydrogens (primary N) is 2. The van der Waals surface area contributed by atoms with Crippen LogP contribution in [0.4, 0.5) is 15.8 Å². The quantitative estimate of drug-likeness (QED) is 0.407. The first-order valence-electron chi connectivity index (χ1n) is 9.87. The van der Waals surface area contributed by atoms with E-state index in [0.29, 0.717) is 16.9 Å². The van der Waals surface area contributed by atoms with Crippen molar-refractivity contribution in [3.05, 3.63) is 78.1 Å². The highest BCUT2D eigenvalue weighted by molar-refractivity contribution is 7.90. The molecule has 0 heterocycles. The molecule has 0 saturated carbocycles. The summed E-state index contributed by atoms with van der Waals surface area (Å²) in [5.74, 6) is -2.62. The van der Waals surface area contributed by atoms with Gasteiger partial charge in [0.1, 0.15) is 10.7 Å². The van der Waals surface area contributed by atoms with Gasteiger partial charge < -0.3 is 22.1 Å². The Morgan fingerprint density at radius 1 is 0.909 bits per heavy atom. The van der Waals surface area contributed by atoms with E-state index in [2.05, 4.69) is 10.6 Å². The topological polar surface area (TPSA) is 144 Å². The lowest BCUT2D eigenvalue weighted by Gasteiger charge is -2.11. The van der Waals surface area contributed by atoms with E-state index in [0.717, 1.165) is 17.9 Å². The Bertz CT molecular complexity index is 1280. The maximum absolute atomic E-state index is 14.1. The summed E-state index contributed by atoms with van der Waals surface area (Å²) in [7, 11) is -3.80. The number of anilines is 2. The van der Waals surface area contributed by atoms with Crippen molar-refractivity contribution in [3.63, 3.8) is 0 Å². The maximum atomic E-state index is 14.1. The smallest absolute Gasteiger partial charge is 0.314 e. The second kappa shape index (κ2) is 9.90. The van der Waals surface area contributed by atoms with Crippen LogP contribution in [0, 0.1) is 5.82 Å². The van der Waals surface area contributed by atoms with Gasteiger partial charge in [-0.05, 0) is 41.5 Å². The molecular formula is C23H23FN4O4S. The standard InChI is InChI=1S/C23H23FN4O4S/c1-33(31,32)21-18(3-2-4-19(21)24)14-5-9-16(10-6-14)27-22(29)23(30)28-17-11-7-15(8-12-17)20(26)13-25/h2-12,20H,13,25-26H2,1H3,(H,27,29)(H,28,30). The fourth-order valence-electron chi connectivity index (χ4n) is 3.17. The van der Waals surface area contributed by atoms with Crippen molar-refractivity contribution < 1.29 is 22.4 Å². The molecule has 0 bridgehead atoms. The van der Waals surface area contributed by atoms with E-state index in [9.17, 15) is 22.4 Å². The minimum Gasteiger partial charge on any atom is -0.329 e. The third kappa shape index (κ3) is 5.80. The Morgan fingerprint density at radius 3 is 1.91 bits per heavy atom. The van der Waals surface area contributed by atoms with Crippen LogP contribution in [0.25, 0.3) is 11.1 Å². The van der Waals surface area contributed by atoms with Gasteiger partial charge >= 0.3 is 11.8 Å². The van der Waals surface area contributed by atoms with Gasteiger partial charge in [-0.15, -0.1) is 0 Å². The molecule has 172 valence electrons. The van der Waals surface area contributed by atoms with E-state index in [-0.39, 0.29) is 18.2 Å². The van der Waals surface area contributed by atoms with Gasteiger partial charge in [0.2, 0.25) is 0 Å². The van der Waals surface area contributed by atoms with E-state index in [1.807, 2.05) is 0 Å². The molecule has 1 atom stereocenters. The molecule has 0 aliphatic carbocycles. The molecule has 0 saturated heterocycles. The van der Waals surface area contributed by atoms with Gasteiger partial charge in [0.15, 0.2) is 9.84 Å². The van der Waals surface area contributed by atoms with Crippen LogP contribution in [0.3, 0.4) is 0 Å². The van der Waals surface area contributed by atoms with Crippen LogP contribution in [0.5, 0.6) is 0 Å². The second-order valence-corrected chi connectivity index (χ2v) is 9.29. The largest absolute Gasteiger partial charge is 0.329 e. The molecule has 10 heteroatoms. The van der Waals surface area contributed by atoms with Crippen LogP contribution in [0.15, 0.2) is 71.6 Å². The van der Waals surface area contributed by atoms with Crippen molar-refractivity contribution >= 4 is 33.0 Å². The Kier molecular flexibility index (Phi) is 7.22. The molecule has 0 radical (unpaired) electrons. The zero-order valence-electron chi connectivity index (χ0n) is 17.7. The molecule has 0 aromatic heterocycles. The van der Waals surface area contributed by atoms with Crippen LogP contribution in [0.2, 0.25) is 0 Å². The zero-order chi connectivity index (χ0) is 24.2. The second-order valence-electron chi connectivity index (χ2n) is 7.34. The van der Waals surface area contributed by atoms with Crippen molar-refractivity contribution in [2.45, 2.75) is 10.9 Å². The van der Waals surface area contributed by atoms with Gasteiger partial charge in [0.25, 0.3) is 0 Å². The first-order chi connectivity index (χ1) is 15.6. The van der Waals surface area contributed by atoms with Crippen molar-refractivity contribution in [1.82, 2.24) is 0 Å². The van der Waals surface area contributed by atoms with Gasteiger partial charge in [-0.2, -0.15) is 0 Å². The highest BCUT2D eigenvalue weighted by atomic mass is 32.2. The van der Waals surface area contributed by atoms with Gasteiger partial charge in [0, 0.05) is 35.8 Å². The summed E-state index contributed by atoms with van der Waals surface area (Å²) in [6.07, 6.45) is 0.933. The zero-order valence-corrected chi connectivity index (χ0v) is 18.5. The number of halogens is 1. The number of nitrogens with one attached hydrogen (secondary N) is 2. The summed E-state index contributed by atoms with van der Waals surface area (Å²) in [4.78, 5) is 24.0. The lowest BCUT2D eigenvalue weighted by Crippen LogP contribution is -2.29. The monoisotopic (exact) mass is 470 g/mol. The number of amides is 2. The van der Waals surface area contributed by atoms with Gasteiger partial charge in [0.05, 0.1) is 0 Å². The molecule has 1 unspecified atom stereocenters. The number of hydrogen-bond acceptors (Lipinski definition) is 6. The summed E-state index contributed by atoms with van der Waals surface area (Å²) in [6.45, 7) is 0.279. The summed E-state index contributed by atoms with van der Waals surface area (Å²) in [5.41, 5.74) is 13.5. The average molecular weight is 471 g/mol. The van der Waals surface area contributed by atoms with Crippen LogP contribution >= 0.6 is 0 Å². The van der Waals surface area contributed by atoms with Crippen molar-refractivity contribution in [3.8, 4) is 11.1 Å². The van der Waals surface area contributed by atoms with Gasteiger partial charge in [-0.25, -0.2) is 12.8 Å². The van der Waals surface area contributed by atoms with Crippen molar-refractivity contribution in [2.24, 2.45) is 11.5 Å². The number of sulfone groups is 1. The first-order valence-corrected chi connectivity index (χ1v) is 11.8. The van der Waals surface area contributed by atoms with Crippen molar-refractivity contribution in [2.75, 3.05) is 23.4 Å². The number of carbonyl (C=O) groups excluding carboxylic acids is 2. The fraction of sp³-hybridized carbons (Fsp3) is 0.130. The average Bonchev–Trinajstić information content (AvgIpc) is 2.78. The molecule has 8 nitrogen and oxygen atoms in total. The Labute approximate surface area is 190 Å². The van der Waals surface area contributed by atoms with Crippen LogP contribution < -0.4 is 22.1 Å². The van der Waals surface area contributed by atoms with Crippen molar-refractivity contribution in [1.29, 1.82) is 0 Å². The van der Waals surface area contributed by atoms with E-state index < -0.39 is 32.4 Å². The first kappa shape index (κ1) is 24.1. The van der Waals surface area contributed by atoms with Crippen LogP contribution in [-0.2, 0) is 19.4 Å². The molecule has 3 rings (SSSR count). The van der Waals surface area contributed by atoms with E-state index in [1.165, 1.54) is 36.4 Å². The number of hydrogen-bond donors (Lipinski definition) is 4. The molecule has 0 aliphatic rings. The Morgan fingerprint density at radius 2 is 1.42 bits per heavy atom. The fourth-order valence-corrected chi connectivity index (χ4v) is 4.18. The van der Waals surface area contributed by atoms with Crippen LogP contribution in [-0.4, -0.2) is 33.0 Å². The highest BCUT2D eigenvalue weighted by Crippen LogP contribution is 2.30. The van der Waals surface area contributed by atoms with E-state index in [1.54, 1.807) is 24.3 Å². The normalized spacial score (nSPS) is 12.1. The molecule has 2 amide bonds. The summed E-state index contributed by atoms with van der Waals surface area (Å²) in [5, 5.41) is 4.94. The van der Waals surface area contributed by atoms with Gasteiger partial charge in [-0.3, -0.25) is 9.59 Å². The molecule has 0 fully saturated rings.